The first-order valence-electron chi connectivity index (χ1n) is 21.4. The number of rotatable bonds is 10. The second-order valence-electron chi connectivity index (χ2n) is 16.0. The van der Waals surface area contributed by atoms with Gasteiger partial charge in [0.1, 0.15) is 0 Å². The predicted octanol–water partition coefficient (Wildman–Crippen LogP) is 12.3. The Hall–Kier alpha value is -4.60. The molecular weight excluding hydrogens is 923 g/mol. The van der Waals surface area contributed by atoms with Crippen molar-refractivity contribution in [1.29, 1.82) is 0 Å². The van der Waals surface area contributed by atoms with Crippen LogP contribution in [0, 0.1) is 0 Å². The van der Waals surface area contributed by atoms with E-state index >= 15 is 0 Å². The summed E-state index contributed by atoms with van der Waals surface area (Å²) in [5, 5.41) is 5.28. The smallest absolute Gasteiger partial charge is 1.00 e. The molecule has 2 unspecified atom stereocenters. The fraction of sp³-hybridized carbons (Fsp3) is 0.138. The summed E-state index contributed by atoms with van der Waals surface area (Å²) < 4.78 is 0. The van der Waals surface area contributed by atoms with Crippen molar-refractivity contribution in [2.24, 2.45) is 0 Å². The van der Waals surface area contributed by atoms with E-state index in [9.17, 15) is 0 Å². The summed E-state index contributed by atoms with van der Waals surface area (Å²) in [6.07, 6.45) is 2.35. The van der Waals surface area contributed by atoms with E-state index in [4.69, 9.17) is 0 Å². The molecule has 10 aromatic rings. The van der Waals surface area contributed by atoms with Crippen molar-refractivity contribution in [3.63, 3.8) is 0 Å². The molecule has 0 fully saturated rings. The molecule has 0 nitrogen and oxygen atoms in total. The van der Waals surface area contributed by atoms with Crippen molar-refractivity contribution < 1.29 is 51.0 Å². The number of halogens is 2. The van der Waals surface area contributed by atoms with Crippen LogP contribution in [0.5, 0.6) is 0 Å². The molecule has 0 saturated carbocycles. The van der Waals surface area contributed by atoms with Crippen molar-refractivity contribution in [3.8, 4) is 64.0 Å². The van der Waals surface area contributed by atoms with Crippen LogP contribution in [0.25, 0.3) is 85.6 Å². The molecule has 2 aromatic heterocycles. The number of hydrogen-bond acceptors (Lipinski definition) is 2. The van der Waals surface area contributed by atoms with Crippen LogP contribution in [0.3, 0.4) is 0 Å². The Morgan fingerprint density at radius 3 is 1.13 bits per heavy atom. The Bertz CT molecular complexity index is 2760. The Labute approximate surface area is 413 Å². The average molecular weight is 973 g/mol. The average Bonchev–Trinajstić information content (AvgIpc) is 4.15. The second kappa shape index (κ2) is 21.9. The maximum absolute atomic E-state index is 2.36. The van der Waals surface area contributed by atoms with Crippen LogP contribution in [0.2, 0.25) is 0 Å². The number of hydrogen-bond donors (Lipinski definition) is 0. The molecule has 5 heteroatoms. The van der Waals surface area contributed by atoms with E-state index in [1.807, 2.05) is 22.7 Å². The van der Waals surface area contributed by atoms with E-state index in [2.05, 4.69) is 222 Å². The molecule has 63 heavy (non-hydrogen) atoms. The van der Waals surface area contributed by atoms with Crippen LogP contribution in [0.15, 0.2) is 194 Å². The van der Waals surface area contributed by atoms with Crippen molar-refractivity contribution in [1.82, 2.24) is 0 Å². The third-order valence-corrected chi connectivity index (χ3v) is 14.6. The van der Waals surface area contributed by atoms with Gasteiger partial charge in [-0.05, 0) is 67.8 Å². The molecule has 0 radical (unpaired) electrons. The number of benzene rings is 6. The van der Waals surface area contributed by atoms with Gasteiger partial charge in [-0.3, -0.25) is 0 Å². The minimum atomic E-state index is 0. The van der Waals surface area contributed by atoms with Crippen molar-refractivity contribution >= 4 is 44.2 Å². The first kappa shape index (κ1) is 47.9. The van der Waals surface area contributed by atoms with Gasteiger partial charge in [-0.25, -0.2) is 0 Å². The molecule has 2 atom stereocenters. The van der Waals surface area contributed by atoms with Gasteiger partial charge in [-0.2, -0.15) is 22.7 Å². The maximum atomic E-state index is 2.36. The first-order valence-corrected chi connectivity index (χ1v) is 23.0. The van der Waals surface area contributed by atoms with E-state index in [1.165, 1.54) is 110 Å². The second-order valence-corrected chi connectivity index (χ2v) is 18.2. The molecule has 0 aliphatic heterocycles. The third-order valence-electron chi connectivity index (χ3n) is 12.2. The SMILES string of the molecule is CCC(C)c1ccc(-c2cccc3[cH-]c(-c4ccc(-c5ccccc5)s4)cc23)cc1.CCC(C)c1ccc(-c2cccc3[cH-]c(-c4ccc(-c5ccccc5)s4)cc23)cc1.[Cl-].[Cl-].[Zr+4]. The van der Waals surface area contributed by atoms with Gasteiger partial charge in [0.05, 0.1) is 0 Å². The number of thiophene rings is 2. The Morgan fingerprint density at radius 2 is 0.762 bits per heavy atom. The Kier molecular flexibility index (Phi) is 16.6. The molecule has 0 aliphatic carbocycles. The van der Waals surface area contributed by atoms with Crippen LogP contribution >= 0.6 is 22.7 Å². The molecule has 0 spiro atoms. The van der Waals surface area contributed by atoms with Crippen LogP contribution in [0.4, 0.5) is 0 Å². The summed E-state index contributed by atoms with van der Waals surface area (Å²) in [4.78, 5) is 5.28. The molecule has 0 aliphatic rings. The monoisotopic (exact) mass is 970 g/mol. The van der Waals surface area contributed by atoms with Gasteiger partial charge in [0.15, 0.2) is 0 Å². The van der Waals surface area contributed by atoms with Crippen LogP contribution < -0.4 is 24.8 Å². The topological polar surface area (TPSA) is 0 Å². The summed E-state index contributed by atoms with van der Waals surface area (Å²) in [6, 6.07) is 71.2. The van der Waals surface area contributed by atoms with Crippen LogP contribution in [-0.2, 0) is 26.2 Å². The standard InChI is InChI=1S/2C29H25S.2ClH.Zr/c2*1-3-20(2)21-12-14-22(15-13-21)26-11-7-10-24-18-25(19-27(24)26)29-17-16-28(30-29)23-8-5-4-6-9-23;;;/h2*4-20H,3H2,1-2H3;2*1H;/q2*-1;;;+4/p-2. The van der Waals surface area contributed by atoms with Gasteiger partial charge in [0.25, 0.3) is 0 Å². The summed E-state index contributed by atoms with van der Waals surface area (Å²) in [5.74, 6) is 1.22. The van der Waals surface area contributed by atoms with Gasteiger partial charge in [-0.1, -0.05) is 197 Å². The quantitative estimate of drug-likeness (QED) is 0.120. The fourth-order valence-electron chi connectivity index (χ4n) is 8.21. The zero-order chi connectivity index (χ0) is 41.0. The van der Waals surface area contributed by atoms with Gasteiger partial charge >= 0.3 is 26.2 Å². The minimum Gasteiger partial charge on any atom is -1.00 e. The van der Waals surface area contributed by atoms with Gasteiger partial charge in [0, 0.05) is 9.75 Å². The normalized spacial score (nSPS) is 11.7. The fourth-order valence-corrected chi connectivity index (χ4v) is 10.2. The Balaban J connectivity index is 0.000000200. The molecule has 312 valence electrons. The Morgan fingerprint density at radius 1 is 0.397 bits per heavy atom. The predicted molar refractivity (Wildman–Crippen MR) is 265 cm³/mol. The molecule has 0 amide bonds. The van der Waals surface area contributed by atoms with Gasteiger partial charge in [0.2, 0.25) is 0 Å². The zero-order valence-corrected chi connectivity index (χ0v) is 41.7. The molecule has 8 aromatic carbocycles. The first-order chi connectivity index (χ1) is 29.4. The summed E-state index contributed by atoms with van der Waals surface area (Å²) >= 11 is 3.73. The maximum Gasteiger partial charge on any atom is 4.00 e. The molecule has 0 bridgehead atoms. The minimum absolute atomic E-state index is 0. The van der Waals surface area contributed by atoms with E-state index in [0.717, 1.165) is 0 Å². The van der Waals surface area contributed by atoms with Crippen molar-refractivity contribution in [2.75, 3.05) is 0 Å². The van der Waals surface area contributed by atoms with E-state index in [-0.39, 0.29) is 51.0 Å². The summed E-state index contributed by atoms with van der Waals surface area (Å²) in [5.41, 5.74) is 13.2. The third kappa shape index (κ3) is 10.5. The molecule has 10 rings (SSSR count). The van der Waals surface area contributed by atoms with Crippen LogP contribution in [0.1, 0.15) is 63.5 Å². The van der Waals surface area contributed by atoms with Crippen LogP contribution in [-0.4, -0.2) is 0 Å². The molecular formula is C58H50Cl2S2Zr. The van der Waals surface area contributed by atoms with E-state index in [1.54, 1.807) is 0 Å². The largest absolute Gasteiger partial charge is 4.00 e. The zero-order valence-electron chi connectivity index (χ0n) is 36.1. The molecule has 0 N–H and O–H groups in total. The molecule has 2 heterocycles. The number of fused-ring (bicyclic) bond motifs is 2. The van der Waals surface area contributed by atoms with Crippen molar-refractivity contribution in [2.45, 2.75) is 52.4 Å². The molecule has 0 saturated heterocycles. The van der Waals surface area contributed by atoms with E-state index < -0.39 is 0 Å². The van der Waals surface area contributed by atoms with Gasteiger partial charge in [-0.15, -0.1) is 69.1 Å². The summed E-state index contributed by atoms with van der Waals surface area (Å²) in [7, 11) is 0. The van der Waals surface area contributed by atoms with Crippen molar-refractivity contribution in [3.05, 3.63) is 205 Å². The summed E-state index contributed by atoms with van der Waals surface area (Å²) in [6.45, 7) is 9.09. The van der Waals surface area contributed by atoms with Gasteiger partial charge < -0.3 is 24.8 Å². The van der Waals surface area contributed by atoms with E-state index in [0.29, 0.717) is 11.8 Å².